The van der Waals surface area contributed by atoms with Crippen LogP contribution in [0.25, 0.3) is 0 Å². The van der Waals surface area contributed by atoms with Crippen LogP contribution in [0.1, 0.15) is 0 Å². The van der Waals surface area contributed by atoms with Crippen molar-refractivity contribution in [1.29, 1.82) is 0 Å². The first-order valence-corrected chi connectivity index (χ1v) is 3.11. The van der Waals surface area contributed by atoms with Crippen LogP contribution in [0.3, 0.4) is 0 Å². The molecule has 64 valence electrons. The van der Waals surface area contributed by atoms with E-state index in [4.69, 9.17) is 20.4 Å². The highest BCUT2D eigenvalue weighted by molar-refractivity contribution is 5.02. The summed E-state index contributed by atoms with van der Waals surface area (Å²) < 4.78 is 4.48. The van der Waals surface area contributed by atoms with Crippen molar-refractivity contribution < 1.29 is 25.2 Å². The summed E-state index contributed by atoms with van der Waals surface area (Å²) in [5.74, 6) is -0.143. The summed E-state index contributed by atoms with van der Waals surface area (Å²) in [5, 5.41) is 35.7. The van der Waals surface area contributed by atoms with Crippen molar-refractivity contribution in [3.63, 3.8) is 0 Å². The molecule has 1 rings (SSSR count). The van der Waals surface area contributed by atoms with Gasteiger partial charge < -0.3 is 25.2 Å². The van der Waals surface area contributed by atoms with E-state index in [1.807, 2.05) is 0 Å². The molecular formula is C6H10O5. The van der Waals surface area contributed by atoms with Crippen LogP contribution in [0.5, 0.6) is 0 Å². The maximum absolute atomic E-state index is 8.99. The van der Waals surface area contributed by atoms with Crippen molar-refractivity contribution in [3.8, 4) is 0 Å². The summed E-state index contributed by atoms with van der Waals surface area (Å²) in [6.45, 7) is 3.23. The van der Waals surface area contributed by atoms with Crippen molar-refractivity contribution in [1.82, 2.24) is 0 Å². The molecule has 0 aliphatic carbocycles. The van der Waals surface area contributed by atoms with Gasteiger partial charge in [-0.2, -0.15) is 0 Å². The number of hydrogen-bond acceptors (Lipinski definition) is 5. The fraction of sp³-hybridized carbons (Fsp3) is 0.667. The largest absolute Gasteiger partial charge is 0.464 e. The van der Waals surface area contributed by atoms with Gasteiger partial charge in [0.05, 0.1) is 0 Å². The highest BCUT2D eigenvalue weighted by Gasteiger charge is 2.39. The molecule has 4 atom stereocenters. The van der Waals surface area contributed by atoms with Crippen molar-refractivity contribution in [2.45, 2.75) is 24.6 Å². The quantitative estimate of drug-likeness (QED) is 0.328. The molecule has 0 unspecified atom stereocenters. The molecule has 1 heterocycles. The maximum atomic E-state index is 8.99. The van der Waals surface area contributed by atoms with E-state index in [-0.39, 0.29) is 5.76 Å². The minimum absolute atomic E-state index is 0.143. The van der Waals surface area contributed by atoms with Gasteiger partial charge in [0, 0.05) is 0 Å². The Morgan fingerprint density at radius 2 is 1.64 bits per heavy atom. The molecule has 0 aromatic heterocycles. The molecule has 1 fully saturated rings. The Bertz CT molecular complexity index is 168. The van der Waals surface area contributed by atoms with Gasteiger partial charge in [-0.1, -0.05) is 6.58 Å². The molecule has 0 amide bonds. The predicted octanol–water partition coefficient (Wildman–Crippen LogP) is -2.07. The van der Waals surface area contributed by atoms with E-state index in [1.165, 1.54) is 0 Å². The van der Waals surface area contributed by atoms with E-state index in [0.717, 1.165) is 0 Å². The molecule has 4 N–H and O–H groups in total. The molecule has 0 saturated carbocycles. The highest BCUT2D eigenvalue weighted by Crippen LogP contribution is 2.20. The predicted molar refractivity (Wildman–Crippen MR) is 34.3 cm³/mol. The molecule has 1 saturated heterocycles. The molecule has 1 aliphatic heterocycles. The first kappa shape index (κ1) is 8.48. The second-order valence-corrected chi connectivity index (χ2v) is 2.40. The van der Waals surface area contributed by atoms with Crippen LogP contribution in [-0.4, -0.2) is 45.0 Å². The number of ether oxygens (including phenoxy) is 1. The molecule has 0 radical (unpaired) electrons. The molecule has 0 aromatic rings. The van der Waals surface area contributed by atoms with E-state index in [1.54, 1.807) is 0 Å². The fourth-order valence-electron chi connectivity index (χ4n) is 0.840. The lowest BCUT2D eigenvalue weighted by molar-refractivity contribution is -0.224. The van der Waals surface area contributed by atoms with Crippen molar-refractivity contribution >= 4 is 0 Å². The first-order valence-electron chi connectivity index (χ1n) is 3.11. The zero-order chi connectivity index (χ0) is 8.59. The number of hydrogen-bond donors (Lipinski definition) is 4. The Morgan fingerprint density at radius 1 is 1.09 bits per heavy atom. The SMILES string of the molecule is C=C1O[C@@H](O)[C@H](O)[C@@H](O)[C@@H]1O. The van der Waals surface area contributed by atoms with Gasteiger partial charge in [0.25, 0.3) is 0 Å². The van der Waals surface area contributed by atoms with Gasteiger partial charge in [-0.25, -0.2) is 0 Å². The summed E-state index contributed by atoms with van der Waals surface area (Å²) >= 11 is 0. The summed E-state index contributed by atoms with van der Waals surface area (Å²) in [6.07, 6.45) is -5.78. The van der Waals surface area contributed by atoms with Crippen molar-refractivity contribution in [2.24, 2.45) is 0 Å². The third-order valence-corrected chi connectivity index (χ3v) is 1.57. The van der Waals surface area contributed by atoms with Crippen LogP contribution in [0.2, 0.25) is 0 Å². The van der Waals surface area contributed by atoms with Gasteiger partial charge in [-0.05, 0) is 0 Å². The number of rotatable bonds is 0. The summed E-state index contributed by atoms with van der Waals surface area (Å²) in [4.78, 5) is 0. The summed E-state index contributed by atoms with van der Waals surface area (Å²) in [7, 11) is 0. The van der Waals surface area contributed by atoms with Crippen molar-refractivity contribution in [3.05, 3.63) is 12.3 Å². The van der Waals surface area contributed by atoms with E-state index in [9.17, 15) is 0 Å². The van der Waals surface area contributed by atoms with Crippen LogP contribution in [0, 0.1) is 0 Å². The Morgan fingerprint density at radius 3 is 2.18 bits per heavy atom. The van der Waals surface area contributed by atoms with Crippen LogP contribution in [-0.2, 0) is 4.74 Å². The normalized spacial score (nSPS) is 45.3. The Labute approximate surface area is 63.2 Å². The van der Waals surface area contributed by atoms with Crippen LogP contribution < -0.4 is 0 Å². The monoisotopic (exact) mass is 162 g/mol. The second-order valence-electron chi connectivity index (χ2n) is 2.40. The van der Waals surface area contributed by atoms with E-state index < -0.39 is 24.6 Å². The number of aliphatic hydroxyl groups is 4. The van der Waals surface area contributed by atoms with Crippen LogP contribution >= 0.6 is 0 Å². The van der Waals surface area contributed by atoms with Crippen molar-refractivity contribution in [2.75, 3.05) is 0 Å². The third kappa shape index (κ3) is 1.36. The van der Waals surface area contributed by atoms with Gasteiger partial charge in [-0.3, -0.25) is 0 Å². The molecule has 0 bridgehead atoms. The van der Waals surface area contributed by atoms with E-state index >= 15 is 0 Å². The molecule has 0 aromatic carbocycles. The topological polar surface area (TPSA) is 90.2 Å². The van der Waals surface area contributed by atoms with Gasteiger partial charge in [0.1, 0.15) is 24.1 Å². The standard InChI is InChI=1S/C6H10O5/c1-2-3(7)4(8)5(9)6(10)11-2/h3-10H,1H2/t3-,4+,5-,6-/m1/s1. The molecule has 0 spiro atoms. The van der Waals surface area contributed by atoms with E-state index in [0.29, 0.717) is 0 Å². The highest BCUT2D eigenvalue weighted by atomic mass is 16.6. The average Bonchev–Trinajstić information content (AvgIpc) is 1.97. The van der Waals surface area contributed by atoms with Crippen LogP contribution in [0.4, 0.5) is 0 Å². The Balaban J connectivity index is 2.70. The minimum Gasteiger partial charge on any atom is -0.464 e. The molecular weight excluding hydrogens is 152 g/mol. The lowest BCUT2D eigenvalue weighted by atomic mass is 10.0. The molecule has 5 heteroatoms. The molecule has 5 nitrogen and oxygen atoms in total. The van der Waals surface area contributed by atoms with Gasteiger partial charge >= 0.3 is 0 Å². The van der Waals surface area contributed by atoms with Crippen LogP contribution in [0.15, 0.2) is 12.3 Å². The lowest BCUT2D eigenvalue weighted by Gasteiger charge is -2.33. The van der Waals surface area contributed by atoms with E-state index in [2.05, 4.69) is 11.3 Å². The summed E-state index contributed by atoms with van der Waals surface area (Å²) in [5.41, 5.74) is 0. The fourth-order valence-corrected chi connectivity index (χ4v) is 0.840. The minimum atomic E-state index is -1.51. The Hall–Kier alpha value is -0.620. The zero-order valence-electron chi connectivity index (χ0n) is 5.71. The number of aliphatic hydroxyl groups excluding tert-OH is 4. The van der Waals surface area contributed by atoms with Gasteiger partial charge in [0.15, 0.2) is 0 Å². The first-order chi connectivity index (χ1) is 5.04. The van der Waals surface area contributed by atoms with Gasteiger partial charge in [-0.15, -0.1) is 0 Å². The average molecular weight is 162 g/mol. The zero-order valence-corrected chi connectivity index (χ0v) is 5.71. The Kier molecular flexibility index (Phi) is 2.15. The molecule has 11 heavy (non-hydrogen) atoms. The third-order valence-electron chi connectivity index (χ3n) is 1.57. The van der Waals surface area contributed by atoms with Gasteiger partial charge in [0.2, 0.25) is 6.29 Å². The lowest BCUT2D eigenvalue weighted by Crippen LogP contribution is -2.51. The molecule has 1 aliphatic rings. The maximum Gasteiger partial charge on any atom is 0.225 e. The smallest absolute Gasteiger partial charge is 0.225 e. The second kappa shape index (κ2) is 2.78. The summed E-state index contributed by atoms with van der Waals surface area (Å²) in [6, 6.07) is 0.